The van der Waals surface area contributed by atoms with Gasteiger partial charge in [-0.25, -0.2) is 4.68 Å². The highest BCUT2D eigenvalue weighted by Crippen LogP contribution is 2.46. The SMILES string of the molecule is COc1ccc(C(=O)CSc2nc3n(n2)[C@@H](c2ccc(OC)c(OC)c2)C2=C(CC(C)(C)CC2=O)N3)cc1. The predicted molar refractivity (Wildman–Crippen MR) is 144 cm³/mol. The third-order valence-electron chi connectivity index (χ3n) is 6.78. The summed E-state index contributed by atoms with van der Waals surface area (Å²) < 4.78 is 17.9. The van der Waals surface area contributed by atoms with Crippen molar-refractivity contribution in [3.05, 3.63) is 64.9 Å². The van der Waals surface area contributed by atoms with E-state index in [1.165, 1.54) is 11.8 Å². The minimum atomic E-state index is -0.483. The number of thioether (sulfide) groups is 1. The fourth-order valence-electron chi connectivity index (χ4n) is 4.97. The highest BCUT2D eigenvalue weighted by molar-refractivity contribution is 7.99. The number of carbonyl (C=O) groups excluding carboxylic acids is 2. The Labute approximate surface area is 225 Å². The van der Waals surface area contributed by atoms with E-state index >= 15 is 0 Å². The second-order valence-corrected chi connectivity index (χ2v) is 11.0. The van der Waals surface area contributed by atoms with E-state index in [2.05, 4.69) is 24.1 Å². The summed E-state index contributed by atoms with van der Waals surface area (Å²) in [6, 6.07) is 12.1. The van der Waals surface area contributed by atoms with Gasteiger partial charge < -0.3 is 19.5 Å². The summed E-state index contributed by atoms with van der Waals surface area (Å²) in [5.74, 6) is 2.61. The third-order valence-corrected chi connectivity index (χ3v) is 7.62. The minimum absolute atomic E-state index is 0.0378. The zero-order chi connectivity index (χ0) is 27.0. The second-order valence-electron chi connectivity index (χ2n) is 10.1. The fraction of sp³-hybridized carbons (Fsp3) is 0.357. The van der Waals surface area contributed by atoms with Crippen LogP contribution in [0.15, 0.2) is 58.9 Å². The van der Waals surface area contributed by atoms with Crippen molar-refractivity contribution in [2.45, 2.75) is 37.9 Å². The van der Waals surface area contributed by atoms with Crippen molar-refractivity contribution in [2.24, 2.45) is 5.41 Å². The Balaban J connectivity index is 1.48. The van der Waals surface area contributed by atoms with E-state index in [1.807, 2.05) is 18.2 Å². The van der Waals surface area contributed by atoms with Gasteiger partial charge in [-0.1, -0.05) is 31.7 Å². The van der Waals surface area contributed by atoms with Gasteiger partial charge in [0, 0.05) is 23.3 Å². The standard InChI is InChI=1S/C28H30N4O5S/c1-28(2)13-19-24(20(33)14-28)25(17-8-11-22(36-4)23(12-17)37-5)32-26(29-19)30-27(31-32)38-15-21(34)16-6-9-18(35-3)10-7-16/h6-12,25H,13-15H2,1-5H3,(H,29,30,31)/t25-/m0/s1. The van der Waals surface area contributed by atoms with E-state index in [0.29, 0.717) is 52.3 Å². The van der Waals surface area contributed by atoms with Crippen LogP contribution in [-0.4, -0.2) is 53.4 Å². The highest BCUT2D eigenvalue weighted by Gasteiger charge is 2.42. The lowest BCUT2D eigenvalue weighted by Crippen LogP contribution is -2.36. The summed E-state index contributed by atoms with van der Waals surface area (Å²) in [6.07, 6.45) is 1.16. The molecule has 3 aromatic rings. The van der Waals surface area contributed by atoms with Gasteiger partial charge in [-0.05, 0) is 53.8 Å². The zero-order valence-corrected chi connectivity index (χ0v) is 22.8. The Kier molecular flexibility index (Phi) is 6.92. The van der Waals surface area contributed by atoms with E-state index in [4.69, 9.17) is 19.3 Å². The maximum atomic E-state index is 13.5. The molecule has 5 rings (SSSR count). The van der Waals surface area contributed by atoms with Crippen LogP contribution in [0, 0.1) is 5.41 Å². The molecule has 38 heavy (non-hydrogen) atoms. The molecule has 0 saturated carbocycles. The van der Waals surface area contributed by atoms with Crippen molar-refractivity contribution in [3.63, 3.8) is 0 Å². The molecule has 10 heteroatoms. The van der Waals surface area contributed by atoms with Crippen LogP contribution in [0.4, 0.5) is 5.95 Å². The topological polar surface area (TPSA) is 105 Å². The number of carbonyl (C=O) groups is 2. The van der Waals surface area contributed by atoms with Gasteiger partial charge in [0.2, 0.25) is 11.1 Å². The summed E-state index contributed by atoms with van der Waals surface area (Å²) in [6.45, 7) is 4.18. The maximum absolute atomic E-state index is 13.5. The molecule has 0 saturated heterocycles. The van der Waals surface area contributed by atoms with Gasteiger partial charge in [0.05, 0.1) is 27.1 Å². The number of Topliss-reactive ketones (excluding diaryl/α,β-unsaturated/α-hetero) is 2. The summed E-state index contributed by atoms with van der Waals surface area (Å²) >= 11 is 1.26. The second kappa shape index (κ2) is 10.2. The zero-order valence-electron chi connectivity index (χ0n) is 22.0. The molecule has 1 aliphatic carbocycles. The Morgan fingerprint density at radius 2 is 1.79 bits per heavy atom. The fourth-order valence-corrected chi connectivity index (χ4v) is 5.70. The number of fused-ring (bicyclic) bond motifs is 1. The van der Waals surface area contributed by atoms with Gasteiger partial charge in [0.15, 0.2) is 23.1 Å². The molecule has 1 aliphatic heterocycles. The van der Waals surface area contributed by atoms with Crippen LogP contribution in [0.1, 0.15) is 48.7 Å². The number of nitrogens with zero attached hydrogens (tertiary/aromatic N) is 3. The number of hydrogen-bond acceptors (Lipinski definition) is 9. The largest absolute Gasteiger partial charge is 0.497 e. The number of ether oxygens (including phenoxy) is 3. The summed E-state index contributed by atoms with van der Waals surface area (Å²) in [7, 11) is 4.75. The lowest BCUT2D eigenvalue weighted by molar-refractivity contribution is -0.118. The first-order chi connectivity index (χ1) is 18.2. The monoisotopic (exact) mass is 534 g/mol. The molecule has 198 valence electrons. The smallest absolute Gasteiger partial charge is 0.227 e. The summed E-state index contributed by atoms with van der Waals surface area (Å²) in [5, 5.41) is 8.56. The Morgan fingerprint density at radius 3 is 2.47 bits per heavy atom. The lowest BCUT2D eigenvalue weighted by atomic mass is 9.73. The van der Waals surface area contributed by atoms with E-state index in [-0.39, 0.29) is 22.7 Å². The van der Waals surface area contributed by atoms with E-state index < -0.39 is 6.04 Å². The van der Waals surface area contributed by atoms with Crippen LogP contribution in [0.3, 0.4) is 0 Å². The molecule has 0 unspecified atom stereocenters. The molecular weight excluding hydrogens is 504 g/mol. The Hall–Kier alpha value is -3.79. The first-order valence-electron chi connectivity index (χ1n) is 12.2. The molecule has 1 atom stereocenters. The van der Waals surface area contributed by atoms with E-state index in [0.717, 1.165) is 11.3 Å². The van der Waals surface area contributed by atoms with Gasteiger partial charge in [-0.2, -0.15) is 4.98 Å². The van der Waals surface area contributed by atoms with Crippen LogP contribution in [-0.2, 0) is 4.79 Å². The third kappa shape index (κ3) is 4.88. The van der Waals surface area contributed by atoms with Gasteiger partial charge in [-0.15, -0.1) is 5.10 Å². The number of methoxy groups -OCH3 is 3. The molecule has 0 radical (unpaired) electrons. The number of aromatic nitrogens is 3. The van der Waals surface area contributed by atoms with Crippen molar-refractivity contribution >= 4 is 29.3 Å². The quantitative estimate of drug-likeness (QED) is 0.318. The van der Waals surface area contributed by atoms with Crippen LogP contribution in [0.2, 0.25) is 0 Å². The maximum Gasteiger partial charge on any atom is 0.227 e. The van der Waals surface area contributed by atoms with Gasteiger partial charge >= 0.3 is 0 Å². The van der Waals surface area contributed by atoms with Crippen LogP contribution in [0.25, 0.3) is 0 Å². The molecule has 0 amide bonds. The van der Waals surface area contributed by atoms with E-state index in [9.17, 15) is 9.59 Å². The van der Waals surface area contributed by atoms with Gasteiger partial charge in [-0.3, -0.25) is 9.59 Å². The number of rotatable bonds is 8. The van der Waals surface area contributed by atoms with Crippen molar-refractivity contribution < 1.29 is 23.8 Å². The molecule has 0 bridgehead atoms. The Morgan fingerprint density at radius 1 is 1.05 bits per heavy atom. The summed E-state index contributed by atoms with van der Waals surface area (Å²) in [4.78, 5) is 30.9. The molecule has 0 spiro atoms. The number of allylic oxidation sites excluding steroid dienone is 2. The molecule has 9 nitrogen and oxygen atoms in total. The Bertz CT molecular complexity index is 1430. The molecule has 1 N–H and O–H groups in total. The summed E-state index contributed by atoms with van der Waals surface area (Å²) in [5.41, 5.74) is 2.79. The van der Waals surface area contributed by atoms with Crippen molar-refractivity contribution in [2.75, 3.05) is 32.4 Å². The lowest BCUT2D eigenvalue weighted by Gasteiger charge is -2.38. The molecule has 0 fully saturated rings. The number of nitrogens with one attached hydrogen (secondary N) is 1. The van der Waals surface area contributed by atoms with Crippen LogP contribution in [0.5, 0.6) is 17.2 Å². The van der Waals surface area contributed by atoms with Crippen LogP contribution < -0.4 is 19.5 Å². The highest BCUT2D eigenvalue weighted by atomic mass is 32.2. The van der Waals surface area contributed by atoms with Gasteiger partial charge in [0.25, 0.3) is 0 Å². The molecule has 2 aliphatic rings. The first kappa shape index (κ1) is 25.8. The number of anilines is 1. The molecule has 2 aromatic carbocycles. The normalized spacial score (nSPS) is 17.8. The first-order valence-corrected chi connectivity index (χ1v) is 13.2. The van der Waals surface area contributed by atoms with Gasteiger partial charge in [0.1, 0.15) is 11.8 Å². The van der Waals surface area contributed by atoms with Crippen LogP contribution >= 0.6 is 11.8 Å². The average Bonchev–Trinajstić information content (AvgIpc) is 3.31. The van der Waals surface area contributed by atoms with Crippen molar-refractivity contribution in [1.82, 2.24) is 14.8 Å². The van der Waals surface area contributed by atoms with Crippen molar-refractivity contribution in [1.29, 1.82) is 0 Å². The predicted octanol–water partition coefficient (Wildman–Crippen LogP) is 4.94. The average molecular weight is 535 g/mol. The molecule has 1 aromatic heterocycles. The molecular formula is C28H30N4O5S. The number of ketones is 2. The number of benzene rings is 2. The molecule has 2 heterocycles. The van der Waals surface area contributed by atoms with E-state index in [1.54, 1.807) is 50.3 Å². The minimum Gasteiger partial charge on any atom is -0.497 e. The number of hydrogen-bond donors (Lipinski definition) is 1. The van der Waals surface area contributed by atoms with Crippen molar-refractivity contribution in [3.8, 4) is 17.2 Å².